The zero-order valence-corrected chi connectivity index (χ0v) is 6.78. The molecule has 0 aromatic carbocycles. The maximum absolute atomic E-state index is 5.07. The SMILES string of the molecule is CCNCc1ccco1.Cl. The largest absolute Gasteiger partial charge is 0.468 e. The molecule has 0 radical (unpaired) electrons. The van der Waals surface area contributed by atoms with Crippen molar-refractivity contribution < 1.29 is 4.42 Å². The third-order valence-electron chi connectivity index (χ3n) is 1.13. The fourth-order valence-electron chi connectivity index (χ4n) is 0.661. The number of nitrogens with one attached hydrogen (secondary N) is 1. The fraction of sp³-hybridized carbons (Fsp3) is 0.429. The predicted molar refractivity (Wildman–Crippen MR) is 43.3 cm³/mol. The van der Waals surface area contributed by atoms with Gasteiger partial charge in [0, 0.05) is 0 Å². The highest BCUT2D eigenvalue weighted by atomic mass is 35.5. The molecule has 0 saturated carbocycles. The Morgan fingerprint density at radius 1 is 1.60 bits per heavy atom. The molecule has 0 aliphatic heterocycles. The zero-order valence-electron chi connectivity index (χ0n) is 5.96. The molecule has 1 aromatic heterocycles. The van der Waals surface area contributed by atoms with Gasteiger partial charge in [-0.05, 0) is 18.7 Å². The maximum Gasteiger partial charge on any atom is 0.117 e. The van der Waals surface area contributed by atoms with Crippen LogP contribution in [0.2, 0.25) is 0 Å². The number of rotatable bonds is 3. The third kappa shape index (κ3) is 2.90. The summed E-state index contributed by atoms with van der Waals surface area (Å²) in [5.74, 6) is 0.997. The van der Waals surface area contributed by atoms with Crippen LogP contribution in [0.5, 0.6) is 0 Å². The molecule has 0 fully saturated rings. The Bertz CT molecular complexity index is 151. The van der Waals surface area contributed by atoms with Crippen molar-refractivity contribution in [3.8, 4) is 0 Å². The minimum absolute atomic E-state index is 0. The molecular formula is C7H12ClNO. The molecule has 1 N–H and O–H groups in total. The lowest BCUT2D eigenvalue weighted by molar-refractivity contribution is 0.487. The Hall–Kier alpha value is -0.470. The average Bonchev–Trinajstić information content (AvgIpc) is 2.34. The quantitative estimate of drug-likeness (QED) is 0.732. The lowest BCUT2D eigenvalue weighted by Crippen LogP contribution is -2.10. The van der Waals surface area contributed by atoms with Crippen LogP contribution < -0.4 is 5.32 Å². The molecule has 0 aliphatic rings. The molecule has 1 heterocycles. The van der Waals surface area contributed by atoms with Crippen LogP contribution in [0.15, 0.2) is 22.8 Å². The van der Waals surface area contributed by atoms with E-state index in [0.29, 0.717) is 0 Å². The second-order valence-electron chi connectivity index (χ2n) is 1.86. The molecule has 2 nitrogen and oxygen atoms in total. The number of hydrogen-bond donors (Lipinski definition) is 1. The average molecular weight is 162 g/mol. The van der Waals surface area contributed by atoms with Gasteiger partial charge in [0.15, 0.2) is 0 Å². The van der Waals surface area contributed by atoms with Gasteiger partial charge in [-0.25, -0.2) is 0 Å². The standard InChI is InChI=1S/C7H11NO.ClH/c1-2-8-6-7-4-3-5-9-7;/h3-5,8H,2,6H2,1H3;1H. The summed E-state index contributed by atoms with van der Waals surface area (Å²) in [5, 5.41) is 3.16. The predicted octanol–water partition coefficient (Wildman–Crippen LogP) is 1.81. The molecule has 0 unspecified atom stereocenters. The van der Waals surface area contributed by atoms with Crippen molar-refractivity contribution in [2.75, 3.05) is 6.54 Å². The molecule has 3 heteroatoms. The summed E-state index contributed by atoms with van der Waals surface area (Å²) in [7, 11) is 0. The summed E-state index contributed by atoms with van der Waals surface area (Å²) < 4.78 is 5.07. The summed E-state index contributed by atoms with van der Waals surface area (Å²) in [4.78, 5) is 0. The minimum atomic E-state index is 0. The summed E-state index contributed by atoms with van der Waals surface area (Å²) in [6, 6.07) is 3.86. The molecule has 0 bridgehead atoms. The van der Waals surface area contributed by atoms with E-state index in [0.717, 1.165) is 18.8 Å². The molecule has 0 spiro atoms. The highest BCUT2D eigenvalue weighted by Crippen LogP contribution is 1.97. The van der Waals surface area contributed by atoms with Crippen molar-refractivity contribution >= 4 is 12.4 Å². The van der Waals surface area contributed by atoms with E-state index < -0.39 is 0 Å². The van der Waals surface area contributed by atoms with Gasteiger partial charge in [0.2, 0.25) is 0 Å². The number of hydrogen-bond acceptors (Lipinski definition) is 2. The van der Waals surface area contributed by atoms with Crippen molar-refractivity contribution in [1.29, 1.82) is 0 Å². The first kappa shape index (κ1) is 9.53. The van der Waals surface area contributed by atoms with E-state index in [1.807, 2.05) is 12.1 Å². The van der Waals surface area contributed by atoms with Crippen LogP contribution in [0.25, 0.3) is 0 Å². The first-order chi connectivity index (χ1) is 4.43. The first-order valence-corrected chi connectivity index (χ1v) is 3.16. The van der Waals surface area contributed by atoms with Gasteiger partial charge in [-0.2, -0.15) is 0 Å². The molecule has 0 amide bonds. The second kappa shape index (κ2) is 5.33. The topological polar surface area (TPSA) is 25.2 Å². The van der Waals surface area contributed by atoms with Crippen LogP contribution in [-0.2, 0) is 6.54 Å². The van der Waals surface area contributed by atoms with Crippen molar-refractivity contribution in [2.45, 2.75) is 13.5 Å². The molecule has 58 valence electrons. The second-order valence-corrected chi connectivity index (χ2v) is 1.86. The Kier molecular flexibility index (Phi) is 5.08. The van der Waals surface area contributed by atoms with E-state index in [1.54, 1.807) is 6.26 Å². The minimum Gasteiger partial charge on any atom is -0.468 e. The monoisotopic (exact) mass is 161 g/mol. The summed E-state index contributed by atoms with van der Waals surface area (Å²) in [6.45, 7) is 3.90. The van der Waals surface area contributed by atoms with Gasteiger partial charge in [-0.3, -0.25) is 0 Å². The van der Waals surface area contributed by atoms with Crippen molar-refractivity contribution in [2.24, 2.45) is 0 Å². The molecule has 0 atom stereocenters. The third-order valence-corrected chi connectivity index (χ3v) is 1.13. The number of halogens is 1. The van der Waals surface area contributed by atoms with Crippen molar-refractivity contribution in [1.82, 2.24) is 5.32 Å². The van der Waals surface area contributed by atoms with Crippen molar-refractivity contribution in [3.63, 3.8) is 0 Å². The summed E-state index contributed by atoms with van der Waals surface area (Å²) in [6.07, 6.45) is 1.69. The van der Waals surface area contributed by atoms with E-state index in [4.69, 9.17) is 4.42 Å². The smallest absolute Gasteiger partial charge is 0.117 e. The fourth-order valence-corrected chi connectivity index (χ4v) is 0.661. The van der Waals surface area contributed by atoms with Crippen LogP contribution >= 0.6 is 12.4 Å². The Morgan fingerprint density at radius 3 is 2.90 bits per heavy atom. The van der Waals surface area contributed by atoms with Crippen LogP contribution in [0, 0.1) is 0 Å². The van der Waals surface area contributed by atoms with Gasteiger partial charge in [0.05, 0.1) is 12.8 Å². The Labute approximate surface area is 67.0 Å². The summed E-state index contributed by atoms with van der Waals surface area (Å²) in [5.41, 5.74) is 0. The van der Waals surface area contributed by atoms with E-state index in [-0.39, 0.29) is 12.4 Å². The summed E-state index contributed by atoms with van der Waals surface area (Å²) >= 11 is 0. The molecule has 1 aromatic rings. The Morgan fingerprint density at radius 2 is 2.40 bits per heavy atom. The van der Waals surface area contributed by atoms with Crippen LogP contribution in [0.1, 0.15) is 12.7 Å². The van der Waals surface area contributed by atoms with E-state index in [2.05, 4.69) is 12.2 Å². The Balaban J connectivity index is 0.000000810. The van der Waals surface area contributed by atoms with Crippen molar-refractivity contribution in [3.05, 3.63) is 24.2 Å². The van der Waals surface area contributed by atoms with E-state index in [1.165, 1.54) is 0 Å². The van der Waals surface area contributed by atoms with Crippen LogP contribution in [-0.4, -0.2) is 6.54 Å². The normalized spacial score (nSPS) is 8.90. The van der Waals surface area contributed by atoms with Gasteiger partial charge in [0.25, 0.3) is 0 Å². The highest BCUT2D eigenvalue weighted by molar-refractivity contribution is 5.85. The van der Waals surface area contributed by atoms with E-state index >= 15 is 0 Å². The highest BCUT2D eigenvalue weighted by Gasteiger charge is 1.89. The molecule has 0 aliphatic carbocycles. The lowest BCUT2D eigenvalue weighted by Gasteiger charge is -1.94. The van der Waals surface area contributed by atoms with Gasteiger partial charge in [-0.1, -0.05) is 6.92 Å². The maximum atomic E-state index is 5.07. The van der Waals surface area contributed by atoms with Crippen LogP contribution in [0.4, 0.5) is 0 Å². The lowest BCUT2D eigenvalue weighted by atomic mass is 10.4. The molecule has 0 saturated heterocycles. The number of furan rings is 1. The van der Waals surface area contributed by atoms with Gasteiger partial charge in [0.1, 0.15) is 5.76 Å². The molecular weight excluding hydrogens is 150 g/mol. The van der Waals surface area contributed by atoms with Gasteiger partial charge in [-0.15, -0.1) is 12.4 Å². The molecule has 1 rings (SSSR count). The van der Waals surface area contributed by atoms with Crippen LogP contribution in [0.3, 0.4) is 0 Å². The van der Waals surface area contributed by atoms with E-state index in [9.17, 15) is 0 Å². The van der Waals surface area contributed by atoms with Gasteiger partial charge >= 0.3 is 0 Å². The first-order valence-electron chi connectivity index (χ1n) is 3.16. The zero-order chi connectivity index (χ0) is 6.53. The van der Waals surface area contributed by atoms with Gasteiger partial charge < -0.3 is 9.73 Å². The molecule has 10 heavy (non-hydrogen) atoms.